The van der Waals surface area contributed by atoms with Crippen LogP contribution in [0.15, 0.2) is 18.2 Å². The highest BCUT2D eigenvalue weighted by Gasteiger charge is 2.15. The van der Waals surface area contributed by atoms with Gasteiger partial charge in [-0.05, 0) is 12.1 Å². The summed E-state index contributed by atoms with van der Waals surface area (Å²) in [5, 5.41) is 22.9. The van der Waals surface area contributed by atoms with Crippen LogP contribution in [0, 0.1) is 21.4 Å². The number of rotatable bonds is 5. The van der Waals surface area contributed by atoms with Crippen LogP contribution in [0.1, 0.15) is 5.56 Å². The van der Waals surface area contributed by atoms with Crippen LogP contribution in [0.2, 0.25) is 0 Å². The number of nitrogens with zero attached hydrogens (tertiary/aromatic N) is 3. The van der Waals surface area contributed by atoms with Crippen LogP contribution in [0.5, 0.6) is 0 Å². The Morgan fingerprint density at radius 1 is 1.45 bits per heavy atom. The van der Waals surface area contributed by atoms with E-state index in [4.69, 9.17) is 5.26 Å². The fraction of sp³-hybridized carbons (Fsp3) is 0.462. The van der Waals surface area contributed by atoms with Gasteiger partial charge in [0.05, 0.1) is 16.6 Å². The highest BCUT2D eigenvalue weighted by Crippen LogP contribution is 2.25. The lowest BCUT2D eigenvalue weighted by Crippen LogP contribution is -2.36. The molecule has 0 saturated carbocycles. The maximum Gasteiger partial charge on any atom is 0.292 e. The van der Waals surface area contributed by atoms with Crippen molar-refractivity contribution in [1.82, 2.24) is 4.90 Å². The molecule has 7 heteroatoms. The fourth-order valence-electron chi connectivity index (χ4n) is 2.08. The number of nitro groups is 1. The van der Waals surface area contributed by atoms with Gasteiger partial charge in [0.25, 0.3) is 5.69 Å². The maximum absolute atomic E-state index is 11.0. The van der Waals surface area contributed by atoms with Crippen molar-refractivity contribution in [3.8, 4) is 6.07 Å². The Bertz CT molecular complexity index is 524. The lowest BCUT2D eigenvalue weighted by atomic mass is 10.2. The third-order valence-corrected chi connectivity index (χ3v) is 4.11. The summed E-state index contributed by atoms with van der Waals surface area (Å²) in [4.78, 5) is 12.9. The molecular formula is C13H16N4O2S. The highest BCUT2D eigenvalue weighted by atomic mass is 32.2. The van der Waals surface area contributed by atoms with E-state index in [-0.39, 0.29) is 5.69 Å². The Morgan fingerprint density at radius 3 is 2.85 bits per heavy atom. The van der Waals surface area contributed by atoms with Gasteiger partial charge in [-0.2, -0.15) is 17.0 Å². The number of nitriles is 1. The Kier molecular flexibility index (Phi) is 5.21. The first kappa shape index (κ1) is 14.6. The summed E-state index contributed by atoms with van der Waals surface area (Å²) in [6.07, 6.45) is 0. The molecule has 1 heterocycles. The molecule has 1 N–H and O–H groups in total. The van der Waals surface area contributed by atoms with E-state index in [2.05, 4.69) is 10.2 Å². The van der Waals surface area contributed by atoms with E-state index in [0.717, 1.165) is 31.1 Å². The van der Waals surface area contributed by atoms with E-state index < -0.39 is 4.92 Å². The van der Waals surface area contributed by atoms with Gasteiger partial charge < -0.3 is 5.32 Å². The largest absolute Gasteiger partial charge is 0.378 e. The zero-order chi connectivity index (χ0) is 14.4. The summed E-state index contributed by atoms with van der Waals surface area (Å²) in [5.74, 6) is 2.29. The molecule has 1 aromatic carbocycles. The van der Waals surface area contributed by atoms with Gasteiger partial charge in [0, 0.05) is 43.8 Å². The van der Waals surface area contributed by atoms with Crippen LogP contribution >= 0.6 is 11.8 Å². The van der Waals surface area contributed by atoms with Crippen molar-refractivity contribution in [1.29, 1.82) is 5.26 Å². The molecule has 0 aromatic heterocycles. The topological polar surface area (TPSA) is 82.2 Å². The lowest BCUT2D eigenvalue weighted by Gasteiger charge is -2.26. The summed E-state index contributed by atoms with van der Waals surface area (Å²) in [5.41, 5.74) is 0.853. The molecule has 2 rings (SSSR count). The van der Waals surface area contributed by atoms with Gasteiger partial charge in [0.2, 0.25) is 0 Å². The number of anilines is 1. The van der Waals surface area contributed by atoms with Gasteiger partial charge in [-0.15, -0.1) is 0 Å². The van der Waals surface area contributed by atoms with E-state index in [1.54, 1.807) is 0 Å². The first-order valence-electron chi connectivity index (χ1n) is 6.43. The molecule has 0 aliphatic carbocycles. The number of hydrogen-bond donors (Lipinski definition) is 1. The molecule has 0 bridgehead atoms. The van der Waals surface area contributed by atoms with Crippen LogP contribution in [0.3, 0.4) is 0 Å². The lowest BCUT2D eigenvalue weighted by molar-refractivity contribution is -0.384. The van der Waals surface area contributed by atoms with Crippen molar-refractivity contribution in [2.45, 2.75) is 0 Å². The summed E-state index contributed by atoms with van der Waals surface area (Å²) < 4.78 is 0. The summed E-state index contributed by atoms with van der Waals surface area (Å²) >= 11 is 1.95. The molecule has 0 unspecified atom stereocenters. The molecule has 0 spiro atoms. The average Bonchev–Trinajstić information content (AvgIpc) is 2.48. The number of nitrogens with one attached hydrogen (secondary N) is 1. The number of benzene rings is 1. The standard InChI is InChI=1S/C13H16N4O2S/c14-10-11-1-2-13(17(18)19)12(9-11)15-3-4-16-5-7-20-8-6-16/h1-2,9,15H,3-8H2. The number of nitro benzene ring substituents is 1. The molecule has 1 aliphatic rings. The van der Waals surface area contributed by atoms with E-state index in [9.17, 15) is 10.1 Å². The molecule has 1 aromatic rings. The minimum Gasteiger partial charge on any atom is -0.378 e. The summed E-state index contributed by atoms with van der Waals surface area (Å²) in [6.45, 7) is 3.62. The van der Waals surface area contributed by atoms with Crippen LogP contribution < -0.4 is 5.32 Å². The smallest absolute Gasteiger partial charge is 0.292 e. The van der Waals surface area contributed by atoms with E-state index in [1.807, 2.05) is 17.8 Å². The average molecular weight is 292 g/mol. The van der Waals surface area contributed by atoms with Gasteiger partial charge in [0.15, 0.2) is 0 Å². The second-order valence-electron chi connectivity index (χ2n) is 4.48. The Hall–Kier alpha value is -1.78. The van der Waals surface area contributed by atoms with Gasteiger partial charge >= 0.3 is 0 Å². The molecule has 1 fully saturated rings. The fourth-order valence-corrected chi connectivity index (χ4v) is 3.06. The van der Waals surface area contributed by atoms with Gasteiger partial charge in [-0.25, -0.2) is 0 Å². The minimum absolute atomic E-state index is 0.0122. The Balaban J connectivity index is 1.96. The van der Waals surface area contributed by atoms with Gasteiger partial charge in [-0.3, -0.25) is 15.0 Å². The van der Waals surface area contributed by atoms with E-state index in [1.165, 1.54) is 18.2 Å². The second kappa shape index (κ2) is 7.12. The van der Waals surface area contributed by atoms with Crippen LogP contribution in [0.4, 0.5) is 11.4 Å². The molecule has 0 radical (unpaired) electrons. The molecule has 6 nitrogen and oxygen atoms in total. The number of hydrogen-bond acceptors (Lipinski definition) is 6. The van der Waals surface area contributed by atoms with Gasteiger partial charge in [-0.1, -0.05) is 0 Å². The van der Waals surface area contributed by atoms with Crippen molar-refractivity contribution < 1.29 is 4.92 Å². The maximum atomic E-state index is 11.0. The van der Waals surface area contributed by atoms with Crippen LogP contribution in [-0.4, -0.2) is 47.5 Å². The normalized spacial score (nSPS) is 15.6. The molecular weight excluding hydrogens is 276 g/mol. The zero-order valence-electron chi connectivity index (χ0n) is 11.0. The Labute approximate surface area is 121 Å². The second-order valence-corrected chi connectivity index (χ2v) is 5.71. The molecule has 1 aliphatic heterocycles. The van der Waals surface area contributed by atoms with Crippen molar-refractivity contribution in [2.24, 2.45) is 0 Å². The SMILES string of the molecule is N#Cc1ccc([N+](=O)[O-])c(NCCN2CCSCC2)c1. The third-order valence-electron chi connectivity index (χ3n) is 3.17. The van der Waals surface area contributed by atoms with Crippen molar-refractivity contribution in [3.63, 3.8) is 0 Å². The van der Waals surface area contributed by atoms with Crippen molar-refractivity contribution in [2.75, 3.05) is 43.0 Å². The summed E-state index contributed by atoms with van der Waals surface area (Å²) in [7, 11) is 0. The molecule has 1 saturated heterocycles. The van der Waals surface area contributed by atoms with E-state index in [0.29, 0.717) is 17.8 Å². The monoisotopic (exact) mass is 292 g/mol. The molecule has 20 heavy (non-hydrogen) atoms. The van der Waals surface area contributed by atoms with Crippen LogP contribution in [0.25, 0.3) is 0 Å². The quantitative estimate of drug-likeness (QED) is 0.659. The minimum atomic E-state index is -0.430. The third kappa shape index (κ3) is 3.85. The van der Waals surface area contributed by atoms with Crippen molar-refractivity contribution in [3.05, 3.63) is 33.9 Å². The number of thioether (sulfide) groups is 1. The van der Waals surface area contributed by atoms with Gasteiger partial charge in [0.1, 0.15) is 5.69 Å². The first-order valence-corrected chi connectivity index (χ1v) is 7.58. The predicted octanol–water partition coefficient (Wildman–Crippen LogP) is 1.93. The first-order chi connectivity index (χ1) is 9.70. The Morgan fingerprint density at radius 2 is 2.20 bits per heavy atom. The van der Waals surface area contributed by atoms with Crippen LogP contribution in [-0.2, 0) is 0 Å². The molecule has 0 atom stereocenters. The highest BCUT2D eigenvalue weighted by molar-refractivity contribution is 7.99. The molecule has 0 amide bonds. The zero-order valence-corrected chi connectivity index (χ0v) is 11.9. The van der Waals surface area contributed by atoms with E-state index >= 15 is 0 Å². The summed E-state index contributed by atoms with van der Waals surface area (Å²) in [6, 6.07) is 6.37. The molecule has 106 valence electrons. The van der Waals surface area contributed by atoms with Crippen molar-refractivity contribution >= 4 is 23.1 Å². The predicted molar refractivity (Wildman–Crippen MR) is 80.1 cm³/mol.